The second kappa shape index (κ2) is 7.06. The molecule has 9 heteroatoms. The van der Waals surface area contributed by atoms with Crippen LogP contribution in [-0.2, 0) is 6.54 Å². The smallest absolute Gasteiger partial charge is 0.321 e. The van der Waals surface area contributed by atoms with Gasteiger partial charge in [0.15, 0.2) is 0 Å². The van der Waals surface area contributed by atoms with Crippen LogP contribution in [0.25, 0.3) is 11.0 Å². The Bertz CT molecular complexity index is 1010. The standard InChI is InChI=1S/C20H26N8O/c1-3-28-11-15(8-24-28)25-20(29)27-9-13-6-16(7-14(13)10-27)26(2)19-17-4-5-21-18(17)22-12-23-19/h4-5,8,11-14,16H,3,6-7,9-10H2,1-2H3,(H,25,29)(H,21,22,23)/t13-,14+,16-. The van der Waals surface area contributed by atoms with Crippen LogP contribution in [-0.4, -0.2) is 61.8 Å². The Morgan fingerprint density at radius 2 is 2.10 bits per heavy atom. The molecule has 2 N–H and O–H groups in total. The number of nitrogens with zero attached hydrogens (tertiary/aromatic N) is 6. The third-order valence-electron chi connectivity index (χ3n) is 6.44. The van der Waals surface area contributed by atoms with Gasteiger partial charge in [-0.1, -0.05) is 0 Å². The molecule has 2 aliphatic rings. The van der Waals surface area contributed by atoms with Gasteiger partial charge in [0, 0.05) is 45.1 Å². The van der Waals surface area contributed by atoms with Gasteiger partial charge < -0.3 is 20.1 Å². The molecule has 1 saturated heterocycles. The van der Waals surface area contributed by atoms with E-state index in [1.165, 1.54) is 0 Å². The summed E-state index contributed by atoms with van der Waals surface area (Å²) in [7, 11) is 2.12. The molecule has 3 atom stereocenters. The zero-order valence-electron chi connectivity index (χ0n) is 16.7. The maximum atomic E-state index is 12.6. The first-order chi connectivity index (χ1) is 14.1. The van der Waals surface area contributed by atoms with E-state index in [4.69, 9.17) is 0 Å². The van der Waals surface area contributed by atoms with Crippen molar-refractivity contribution in [1.82, 2.24) is 29.6 Å². The van der Waals surface area contributed by atoms with Crippen LogP contribution >= 0.6 is 0 Å². The molecule has 2 amide bonds. The molecule has 0 unspecified atom stereocenters. The molecule has 3 aromatic heterocycles. The Balaban J connectivity index is 1.21. The molecule has 1 aliphatic carbocycles. The first-order valence-corrected chi connectivity index (χ1v) is 10.2. The zero-order chi connectivity index (χ0) is 20.0. The fourth-order valence-corrected chi connectivity index (χ4v) is 4.87. The third kappa shape index (κ3) is 3.20. The van der Waals surface area contributed by atoms with E-state index in [1.54, 1.807) is 12.5 Å². The lowest BCUT2D eigenvalue weighted by atomic mass is 10.0. The molecule has 9 nitrogen and oxygen atoms in total. The Labute approximate surface area is 169 Å². The van der Waals surface area contributed by atoms with Crippen LogP contribution < -0.4 is 10.2 Å². The molecular weight excluding hydrogens is 368 g/mol. The van der Waals surface area contributed by atoms with Gasteiger partial charge in [-0.3, -0.25) is 4.68 Å². The van der Waals surface area contributed by atoms with E-state index in [9.17, 15) is 4.79 Å². The number of aromatic amines is 1. The molecule has 29 heavy (non-hydrogen) atoms. The van der Waals surface area contributed by atoms with Crippen LogP contribution in [0.15, 0.2) is 31.0 Å². The molecule has 2 fully saturated rings. The SMILES string of the molecule is CCn1cc(NC(=O)N2C[C@H]3C[C@@H](N(C)c4ncnc5[nH]ccc45)C[C@H]3C2)cn1. The van der Waals surface area contributed by atoms with Gasteiger partial charge in [-0.2, -0.15) is 5.10 Å². The average Bonchev–Trinajstić information content (AvgIpc) is 3.48. The molecular formula is C20H26N8O. The van der Waals surface area contributed by atoms with Crippen LogP contribution in [0, 0.1) is 11.8 Å². The van der Waals surface area contributed by atoms with Gasteiger partial charge in [0.1, 0.15) is 17.8 Å². The fraction of sp³-hybridized carbons (Fsp3) is 0.500. The van der Waals surface area contributed by atoms with Gasteiger partial charge >= 0.3 is 6.03 Å². The normalized spacial score (nSPS) is 23.5. The molecule has 0 radical (unpaired) electrons. The number of H-pyrrole nitrogens is 1. The molecule has 0 aromatic carbocycles. The van der Waals surface area contributed by atoms with E-state index in [2.05, 4.69) is 37.3 Å². The first-order valence-electron chi connectivity index (χ1n) is 10.2. The first kappa shape index (κ1) is 18.0. The van der Waals surface area contributed by atoms with Crippen LogP contribution in [0.1, 0.15) is 19.8 Å². The van der Waals surface area contributed by atoms with Crippen LogP contribution in [0.4, 0.5) is 16.3 Å². The van der Waals surface area contributed by atoms with Crippen molar-refractivity contribution < 1.29 is 4.79 Å². The quantitative estimate of drug-likeness (QED) is 0.709. The molecule has 1 aliphatic heterocycles. The number of fused-ring (bicyclic) bond motifs is 2. The summed E-state index contributed by atoms with van der Waals surface area (Å²) in [6.07, 6.45) is 9.24. The number of urea groups is 1. The van der Waals surface area contributed by atoms with Crippen molar-refractivity contribution in [1.29, 1.82) is 0 Å². The van der Waals surface area contributed by atoms with E-state index in [1.807, 2.05) is 35.0 Å². The van der Waals surface area contributed by atoms with E-state index in [0.29, 0.717) is 17.9 Å². The minimum Gasteiger partial charge on any atom is -0.356 e. The lowest BCUT2D eigenvalue weighted by Crippen LogP contribution is -2.36. The Morgan fingerprint density at radius 3 is 2.83 bits per heavy atom. The molecule has 4 heterocycles. The largest absolute Gasteiger partial charge is 0.356 e. The monoisotopic (exact) mass is 394 g/mol. The molecule has 0 bridgehead atoms. The number of likely N-dealkylation sites (tertiary alicyclic amines) is 1. The van der Waals surface area contributed by atoms with Crippen LogP contribution in [0.5, 0.6) is 0 Å². The Hall–Kier alpha value is -3.10. The van der Waals surface area contributed by atoms with Crippen molar-refractivity contribution in [3.05, 3.63) is 31.0 Å². The lowest BCUT2D eigenvalue weighted by molar-refractivity contribution is 0.218. The summed E-state index contributed by atoms with van der Waals surface area (Å²) < 4.78 is 1.81. The summed E-state index contributed by atoms with van der Waals surface area (Å²) in [5, 5.41) is 8.25. The van der Waals surface area contributed by atoms with E-state index in [-0.39, 0.29) is 6.03 Å². The topological polar surface area (TPSA) is 95.0 Å². The molecule has 0 spiro atoms. The predicted molar refractivity (Wildman–Crippen MR) is 111 cm³/mol. The van der Waals surface area contributed by atoms with Gasteiger partial charge in [0.05, 0.1) is 17.3 Å². The number of aryl methyl sites for hydroxylation is 1. The summed E-state index contributed by atoms with van der Waals surface area (Å²) in [5.41, 5.74) is 1.63. The maximum Gasteiger partial charge on any atom is 0.321 e. The number of aromatic nitrogens is 5. The maximum absolute atomic E-state index is 12.6. The molecule has 3 aromatic rings. The molecule has 5 rings (SSSR count). The van der Waals surface area contributed by atoms with Crippen LogP contribution in [0.2, 0.25) is 0 Å². The van der Waals surface area contributed by atoms with Crippen molar-refractivity contribution in [2.45, 2.75) is 32.4 Å². The Morgan fingerprint density at radius 1 is 1.31 bits per heavy atom. The third-order valence-corrected chi connectivity index (χ3v) is 6.44. The Kier molecular flexibility index (Phi) is 4.37. The lowest BCUT2D eigenvalue weighted by Gasteiger charge is -2.28. The second-order valence-electron chi connectivity index (χ2n) is 8.11. The highest BCUT2D eigenvalue weighted by Crippen LogP contribution is 2.41. The summed E-state index contributed by atoms with van der Waals surface area (Å²) in [4.78, 5) is 28.9. The average molecular weight is 394 g/mol. The highest BCUT2D eigenvalue weighted by Gasteiger charge is 2.44. The van der Waals surface area contributed by atoms with Gasteiger partial charge in [0.25, 0.3) is 0 Å². The summed E-state index contributed by atoms with van der Waals surface area (Å²) in [6.45, 7) is 4.44. The van der Waals surface area contributed by atoms with Crippen LogP contribution in [0.3, 0.4) is 0 Å². The number of rotatable bonds is 4. The number of amides is 2. The summed E-state index contributed by atoms with van der Waals surface area (Å²) in [5.74, 6) is 2.05. The van der Waals surface area contributed by atoms with Gasteiger partial charge in [-0.15, -0.1) is 0 Å². The highest BCUT2D eigenvalue weighted by molar-refractivity contribution is 5.89. The van der Waals surface area contributed by atoms with E-state index >= 15 is 0 Å². The van der Waals surface area contributed by atoms with Crippen molar-refractivity contribution in [3.63, 3.8) is 0 Å². The van der Waals surface area contributed by atoms with E-state index in [0.717, 1.165) is 55.0 Å². The minimum absolute atomic E-state index is 0.0233. The van der Waals surface area contributed by atoms with Crippen molar-refractivity contribution in [3.8, 4) is 0 Å². The minimum atomic E-state index is -0.0233. The zero-order valence-corrected chi connectivity index (χ0v) is 16.7. The number of carbonyl (C=O) groups excluding carboxylic acids is 1. The molecule has 152 valence electrons. The number of carbonyl (C=O) groups is 1. The van der Waals surface area contributed by atoms with Crippen molar-refractivity contribution in [2.75, 3.05) is 30.4 Å². The summed E-state index contributed by atoms with van der Waals surface area (Å²) >= 11 is 0. The predicted octanol–water partition coefficient (Wildman–Crippen LogP) is 2.55. The molecule has 1 saturated carbocycles. The number of hydrogen-bond donors (Lipinski definition) is 2. The fourth-order valence-electron chi connectivity index (χ4n) is 4.87. The van der Waals surface area contributed by atoms with Crippen molar-refractivity contribution >= 4 is 28.6 Å². The van der Waals surface area contributed by atoms with Gasteiger partial charge in [0.2, 0.25) is 0 Å². The number of nitrogens with one attached hydrogen (secondary N) is 2. The number of hydrogen-bond acceptors (Lipinski definition) is 5. The van der Waals surface area contributed by atoms with Gasteiger partial charge in [-0.05, 0) is 37.7 Å². The van der Waals surface area contributed by atoms with E-state index < -0.39 is 0 Å². The summed E-state index contributed by atoms with van der Waals surface area (Å²) in [6, 6.07) is 2.44. The second-order valence-corrected chi connectivity index (χ2v) is 8.11. The number of anilines is 2. The highest BCUT2D eigenvalue weighted by atomic mass is 16.2. The van der Waals surface area contributed by atoms with Crippen molar-refractivity contribution in [2.24, 2.45) is 11.8 Å². The van der Waals surface area contributed by atoms with Gasteiger partial charge in [-0.25, -0.2) is 14.8 Å².